The first-order valence-corrected chi connectivity index (χ1v) is 9.17. The van der Waals surface area contributed by atoms with Crippen molar-refractivity contribution in [2.24, 2.45) is 0 Å². The molecule has 0 saturated carbocycles. The summed E-state index contributed by atoms with van der Waals surface area (Å²) in [5.74, 6) is -0.308. The summed E-state index contributed by atoms with van der Waals surface area (Å²) in [6, 6.07) is 7.07. The number of hydrogen-bond acceptors (Lipinski definition) is 4. The number of carbonyl (C=O) groups excluding carboxylic acids is 1. The minimum absolute atomic E-state index is 0.0688. The highest BCUT2D eigenvalue weighted by Crippen LogP contribution is 2.23. The van der Waals surface area contributed by atoms with Crippen molar-refractivity contribution in [1.82, 2.24) is 14.5 Å². The zero-order chi connectivity index (χ0) is 16.6. The predicted molar refractivity (Wildman–Crippen MR) is 85.8 cm³/mol. The van der Waals surface area contributed by atoms with Gasteiger partial charge in [-0.1, -0.05) is 18.2 Å². The molecule has 0 fully saturated rings. The largest absolute Gasteiger partial charge is 0.334 e. The lowest BCUT2D eigenvalue weighted by Crippen LogP contribution is -2.32. The summed E-state index contributed by atoms with van der Waals surface area (Å²) in [5, 5.41) is 0. The Morgan fingerprint density at radius 2 is 2.00 bits per heavy atom. The van der Waals surface area contributed by atoms with Crippen LogP contribution in [0.1, 0.15) is 35.9 Å². The van der Waals surface area contributed by atoms with E-state index in [1.165, 1.54) is 0 Å². The summed E-state index contributed by atoms with van der Waals surface area (Å²) < 4.78 is 26.5. The van der Waals surface area contributed by atoms with Gasteiger partial charge in [-0.05, 0) is 25.5 Å². The standard InChI is InChI=1S/C16H19N3O3S/c1-12(2)19-10-14(17-11-19)16(20)18-7-8-23(21,22)15-6-4-3-5-13(15)9-18/h3-6,10-12H,7-9H2,1-2H3. The molecule has 23 heavy (non-hydrogen) atoms. The third-order valence-electron chi connectivity index (χ3n) is 4.00. The van der Waals surface area contributed by atoms with Gasteiger partial charge in [0.05, 0.1) is 17.0 Å². The van der Waals surface area contributed by atoms with Gasteiger partial charge in [-0.25, -0.2) is 13.4 Å². The molecule has 3 rings (SSSR count). The maximum atomic E-state index is 12.7. The molecule has 0 bridgehead atoms. The zero-order valence-electron chi connectivity index (χ0n) is 13.1. The van der Waals surface area contributed by atoms with Gasteiger partial charge in [0, 0.05) is 25.3 Å². The van der Waals surface area contributed by atoms with Crippen molar-refractivity contribution in [2.75, 3.05) is 12.3 Å². The smallest absolute Gasteiger partial charge is 0.274 e. The summed E-state index contributed by atoms with van der Waals surface area (Å²) in [6.07, 6.45) is 3.33. The van der Waals surface area contributed by atoms with Gasteiger partial charge in [-0.3, -0.25) is 4.79 Å². The minimum Gasteiger partial charge on any atom is -0.334 e. The second kappa shape index (κ2) is 5.81. The van der Waals surface area contributed by atoms with E-state index in [0.29, 0.717) is 16.2 Å². The van der Waals surface area contributed by atoms with Crippen LogP contribution in [0.25, 0.3) is 0 Å². The molecule has 1 amide bonds. The van der Waals surface area contributed by atoms with Gasteiger partial charge in [0.1, 0.15) is 5.69 Å². The van der Waals surface area contributed by atoms with Gasteiger partial charge < -0.3 is 9.47 Å². The van der Waals surface area contributed by atoms with Gasteiger partial charge in [-0.2, -0.15) is 0 Å². The Labute approximate surface area is 135 Å². The minimum atomic E-state index is -3.35. The Balaban J connectivity index is 1.91. The number of nitrogens with zero attached hydrogens (tertiary/aromatic N) is 3. The first-order valence-electron chi connectivity index (χ1n) is 7.52. The number of rotatable bonds is 2. The molecule has 0 unspecified atom stereocenters. The summed E-state index contributed by atoms with van der Waals surface area (Å²) >= 11 is 0. The van der Waals surface area contributed by atoms with Gasteiger partial charge in [0.25, 0.3) is 5.91 Å². The fraction of sp³-hybridized carbons (Fsp3) is 0.375. The van der Waals surface area contributed by atoms with Crippen LogP contribution in [0.15, 0.2) is 41.7 Å². The number of sulfone groups is 1. The van der Waals surface area contributed by atoms with E-state index in [1.807, 2.05) is 18.4 Å². The predicted octanol–water partition coefficient (Wildman–Crippen LogP) is 1.89. The lowest BCUT2D eigenvalue weighted by Gasteiger charge is -2.19. The van der Waals surface area contributed by atoms with E-state index in [1.54, 1.807) is 41.7 Å². The number of carbonyl (C=O) groups is 1. The maximum Gasteiger partial charge on any atom is 0.274 e. The average Bonchev–Trinajstić information content (AvgIpc) is 2.96. The molecule has 0 N–H and O–H groups in total. The number of benzene rings is 1. The molecule has 0 atom stereocenters. The molecule has 1 aliphatic rings. The van der Waals surface area contributed by atoms with Crippen LogP contribution in [0.5, 0.6) is 0 Å². The number of aromatic nitrogens is 2. The molecule has 122 valence electrons. The summed E-state index contributed by atoms with van der Waals surface area (Å²) in [7, 11) is -3.35. The molecule has 0 saturated heterocycles. The van der Waals surface area contributed by atoms with Gasteiger partial charge in [0.15, 0.2) is 9.84 Å². The second-order valence-corrected chi connectivity index (χ2v) is 8.03. The van der Waals surface area contributed by atoms with Crippen LogP contribution in [0, 0.1) is 0 Å². The molecule has 6 nitrogen and oxygen atoms in total. The number of fused-ring (bicyclic) bond motifs is 1. The zero-order valence-corrected chi connectivity index (χ0v) is 14.0. The normalized spacial score (nSPS) is 16.9. The monoisotopic (exact) mass is 333 g/mol. The third kappa shape index (κ3) is 3.01. The molecule has 1 aromatic carbocycles. The quantitative estimate of drug-likeness (QED) is 0.841. The highest BCUT2D eigenvalue weighted by Gasteiger charge is 2.28. The van der Waals surface area contributed by atoms with Crippen LogP contribution in [-0.4, -0.2) is 41.1 Å². The van der Waals surface area contributed by atoms with E-state index in [9.17, 15) is 13.2 Å². The second-order valence-electron chi connectivity index (χ2n) is 5.95. The van der Waals surface area contributed by atoms with Crippen molar-refractivity contribution in [3.8, 4) is 0 Å². The van der Waals surface area contributed by atoms with E-state index in [0.717, 1.165) is 0 Å². The fourth-order valence-corrected chi connectivity index (χ4v) is 4.13. The first kappa shape index (κ1) is 15.7. The highest BCUT2D eigenvalue weighted by molar-refractivity contribution is 7.91. The topological polar surface area (TPSA) is 72.3 Å². The van der Waals surface area contributed by atoms with Crippen molar-refractivity contribution in [3.05, 3.63) is 48.0 Å². The van der Waals surface area contributed by atoms with E-state index < -0.39 is 9.84 Å². The third-order valence-corrected chi connectivity index (χ3v) is 5.79. The number of imidazole rings is 1. The number of amides is 1. The SMILES string of the molecule is CC(C)n1cnc(C(=O)N2CCS(=O)(=O)c3ccccc3C2)c1. The van der Waals surface area contributed by atoms with Crippen molar-refractivity contribution in [3.63, 3.8) is 0 Å². The average molecular weight is 333 g/mol. The van der Waals surface area contributed by atoms with Crippen molar-refractivity contribution in [1.29, 1.82) is 0 Å². The Hall–Kier alpha value is -2.15. The molecule has 7 heteroatoms. The van der Waals surface area contributed by atoms with Crippen LogP contribution in [-0.2, 0) is 16.4 Å². The van der Waals surface area contributed by atoms with Crippen LogP contribution in [0.2, 0.25) is 0 Å². The molecule has 0 aliphatic carbocycles. The summed E-state index contributed by atoms with van der Waals surface area (Å²) in [5.41, 5.74) is 0.997. The van der Waals surface area contributed by atoms with E-state index in [4.69, 9.17) is 0 Å². The molecule has 0 radical (unpaired) electrons. The van der Waals surface area contributed by atoms with Crippen molar-refractivity contribution < 1.29 is 13.2 Å². The van der Waals surface area contributed by atoms with Crippen LogP contribution >= 0.6 is 0 Å². The van der Waals surface area contributed by atoms with Crippen LogP contribution in [0.3, 0.4) is 0 Å². The van der Waals surface area contributed by atoms with Crippen molar-refractivity contribution >= 4 is 15.7 Å². The molecule has 1 aromatic heterocycles. The summed E-state index contributed by atoms with van der Waals surface area (Å²) in [4.78, 5) is 18.7. The van der Waals surface area contributed by atoms with Crippen LogP contribution in [0.4, 0.5) is 0 Å². The number of hydrogen-bond donors (Lipinski definition) is 0. The Bertz CT molecular complexity index is 840. The molecule has 2 heterocycles. The van der Waals surface area contributed by atoms with Gasteiger partial charge in [0.2, 0.25) is 0 Å². The Morgan fingerprint density at radius 1 is 1.26 bits per heavy atom. The lowest BCUT2D eigenvalue weighted by atomic mass is 10.2. The first-order chi connectivity index (χ1) is 10.9. The Kier molecular flexibility index (Phi) is 3.97. The van der Waals surface area contributed by atoms with E-state index in [-0.39, 0.29) is 30.8 Å². The fourth-order valence-electron chi connectivity index (χ4n) is 2.63. The van der Waals surface area contributed by atoms with Crippen LogP contribution < -0.4 is 0 Å². The van der Waals surface area contributed by atoms with Crippen molar-refractivity contribution in [2.45, 2.75) is 31.3 Å². The molecule has 0 spiro atoms. The maximum absolute atomic E-state index is 12.7. The summed E-state index contributed by atoms with van der Waals surface area (Å²) in [6.45, 7) is 4.46. The van der Waals surface area contributed by atoms with E-state index in [2.05, 4.69) is 4.98 Å². The highest BCUT2D eigenvalue weighted by atomic mass is 32.2. The van der Waals surface area contributed by atoms with Gasteiger partial charge in [-0.15, -0.1) is 0 Å². The molecular weight excluding hydrogens is 314 g/mol. The molecule has 1 aliphatic heterocycles. The lowest BCUT2D eigenvalue weighted by molar-refractivity contribution is 0.0749. The van der Waals surface area contributed by atoms with E-state index >= 15 is 0 Å². The molecule has 2 aromatic rings. The Morgan fingerprint density at radius 3 is 2.70 bits per heavy atom. The molecular formula is C16H19N3O3S. The van der Waals surface area contributed by atoms with Gasteiger partial charge >= 0.3 is 0 Å².